The maximum absolute atomic E-state index is 12.1. The molecule has 8 heteroatoms. The van der Waals surface area contributed by atoms with Gasteiger partial charge in [-0.15, -0.1) is 10.2 Å². The van der Waals surface area contributed by atoms with Gasteiger partial charge in [-0.1, -0.05) is 0 Å². The summed E-state index contributed by atoms with van der Waals surface area (Å²) in [6.07, 6.45) is 3.20. The fraction of sp³-hybridized carbons (Fsp3) is 0.167. The van der Waals surface area contributed by atoms with Gasteiger partial charge in [0.1, 0.15) is 0 Å². The lowest BCUT2D eigenvalue weighted by atomic mass is 10.3. The topological polar surface area (TPSA) is 95.6 Å². The van der Waals surface area contributed by atoms with Crippen LogP contribution >= 0.6 is 0 Å². The van der Waals surface area contributed by atoms with E-state index in [0.29, 0.717) is 11.4 Å². The molecule has 0 aliphatic rings. The molecule has 0 spiro atoms. The van der Waals surface area contributed by atoms with Gasteiger partial charge in [0.25, 0.3) is 5.56 Å². The first kappa shape index (κ1) is 12.2. The van der Waals surface area contributed by atoms with E-state index in [9.17, 15) is 9.59 Å². The van der Waals surface area contributed by atoms with Gasteiger partial charge in [0.05, 0.1) is 0 Å². The summed E-state index contributed by atoms with van der Waals surface area (Å²) in [5.74, 6) is 0.293. The number of aryl methyl sites for hydroxylation is 1. The molecule has 3 rings (SSSR count). The number of aromatic nitrogens is 6. The van der Waals surface area contributed by atoms with Gasteiger partial charge in [-0.25, -0.2) is 9.78 Å². The van der Waals surface area contributed by atoms with Crippen molar-refractivity contribution in [1.82, 2.24) is 29.3 Å². The van der Waals surface area contributed by atoms with Gasteiger partial charge in [-0.2, -0.15) is 0 Å². The van der Waals surface area contributed by atoms with Crippen LogP contribution in [0.3, 0.4) is 0 Å². The van der Waals surface area contributed by atoms with Crippen LogP contribution in [0.4, 0.5) is 0 Å². The van der Waals surface area contributed by atoms with Crippen LogP contribution in [-0.2, 0) is 14.1 Å². The van der Waals surface area contributed by atoms with Crippen molar-refractivity contribution in [3.05, 3.63) is 45.4 Å². The fourth-order valence-electron chi connectivity index (χ4n) is 1.87. The average Bonchev–Trinajstić information content (AvgIpc) is 2.51. The Bertz CT molecular complexity index is 913. The molecule has 8 nitrogen and oxygen atoms in total. The molecule has 0 N–H and O–H groups in total. The quantitative estimate of drug-likeness (QED) is 0.590. The maximum atomic E-state index is 12.1. The van der Waals surface area contributed by atoms with Crippen LogP contribution < -0.4 is 11.2 Å². The number of hydrogen-bond acceptors (Lipinski definition) is 6. The molecule has 0 aliphatic carbocycles. The Hall–Kier alpha value is -2.90. The Morgan fingerprint density at radius 1 is 1.10 bits per heavy atom. The van der Waals surface area contributed by atoms with Crippen molar-refractivity contribution in [2.75, 3.05) is 0 Å². The Kier molecular flexibility index (Phi) is 2.63. The minimum absolute atomic E-state index is 0.100. The average molecular weight is 270 g/mol. The van der Waals surface area contributed by atoms with Gasteiger partial charge in [0.2, 0.25) is 0 Å². The van der Waals surface area contributed by atoms with Crippen LogP contribution in [0.5, 0.6) is 0 Å². The minimum Gasteiger partial charge on any atom is -0.278 e. The fourth-order valence-corrected chi connectivity index (χ4v) is 1.87. The largest absolute Gasteiger partial charge is 0.332 e. The Morgan fingerprint density at radius 2 is 1.90 bits per heavy atom. The molecule has 3 aromatic rings. The molecule has 0 atom stereocenters. The van der Waals surface area contributed by atoms with Crippen molar-refractivity contribution >= 4 is 11.2 Å². The van der Waals surface area contributed by atoms with Crippen LogP contribution in [0.25, 0.3) is 22.6 Å². The zero-order chi connectivity index (χ0) is 14.3. The summed E-state index contributed by atoms with van der Waals surface area (Å²) in [6, 6.07) is 3.50. The van der Waals surface area contributed by atoms with E-state index in [1.807, 2.05) is 0 Å². The molecule has 0 aliphatic heterocycles. The van der Waals surface area contributed by atoms with Crippen molar-refractivity contribution in [2.45, 2.75) is 0 Å². The molecule has 3 heterocycles. The van der Waals surface area contributed by atoms with Crippen LogP contribution in [0.15, 0.2) is 34.1 Å². The monoisotopic (exact) mass is 270 g/mol. The van der Waals surface area contributed by atoms with Gasteiger partial charge in [-0.05, 0) is 12.1 Å². The second-order valence-corrected chi connectivity index (χ2v) is 4.26. The molecule has 100 valence electrons. The summed E-state index contributed by atoms with van der Waals surface area (Å²) >= 11 is 0. The Balaban J connectivity index is 2.38. The highest BCUT2D eigenvalue weighted by atomic mass is 16.2. The highest BCUT2D eigenvalue weighted by Crippen LogP contribution is 2.12. The SMILES string of the molecule is Cn1c(=O)c2nc(-c3cccnc3)nnc2n(C)c1=O. The van der Waals surface area contributed by atoms with E-state index in [0.717, 1.165) is 4.57 Å². The molecular formula is C12H10N6O2. The molecule has 0 saturated carbocycles. The lowest BCUT2D eigenvalue weighted by Gasteiger charge is -2.06. The smallest absolute Gasteiger partial charge is 0.278 e. The van der Waals surface area contributed by atoms with Crippen LogP contribution in [-0.4, -0.2) is 29.3 Å². The maximum Gasteiger partial charge on any atom is 0.332 e. The summed E-state index contributed by atoms with van der Waals surface area (Å²) in [5.41, 5.74) is -0.0529. The molecule has 20 heavy (non-hydrogen) atoms. The highest BCUT2D eigenvalue weighted by Gasteiger charge is 2.13. The molecule has 3 aromatic heterocycles. The van der Waals surface area contributed by atoms with Crippen molar-refractivity contribution in [3.63, 3.8) is 0 Å². The number of nitrogens with zero attached hydrogens (tertiary/aromatic N) is 6. The first-order valence-corrected chi connectivity index (χ1v) is 5.80. The van der Waals surface area contributed by atoms with E-state index < -0.39 is 11.2 Å². The summed E-state index contributed by atoms with van der Waals surface area (Å²) in [7, 11) is 2.92. The van der Waals surface area contributed by atoms with Gasteiger partial charge in [-0.3, -0.25) is 18.9 Å². The highest BCUT2D eigenvalue weighted by molar-refractivity contribution is 5.70. The normalized spacial score (nSPS) is 10.9. The standard InChI is InChI=1S/C12H10N6O2/c1-17-10-8(11(19)18(2)12(17)20)14-9(15-16-10)7-4-3-5-13-6-7/h3-6H,1-2H3. The number of pyridine rings is 1. The molecule has 0 aromatic carbocycles. The lowest BCUT2D eigenvalue weighted by molar-refractivity contribution is 0.698. The van der Waals surface area contributed by atoms with Crippen molar-refractivity contribution in [3.8, 4) is 11.4 Å². The lowest BCUT2D eigenvalue weighted by Crippen LogP contribution is -2.38. The molecular weight excluding hydrogens is 260 g/mol. The number of fused-ring (bicyclic) bond motifs is 1. The summed E-state index contributed by atoms with van der Waals surface area (Å²) < 4.78 is 2.23. The van der Waals surface area contributed by atoms with Gasteiger partial charge < -0.3 is 0 Å². The predicted octanol–water partition coefficient (Wildman–Crippen LogP) is -0.516. The zero-order valence-corrected chi connectivity index (χ0v) is 10.8. The minimum atomic E-state index is -0.497. The van der Waals surface area contributed by atoms with Crippen molar-refractivity contribution in [1.29, 1.82) is 0 Å². The number of hydrogen-bond donors (Lipinski definition) is 0. The van der Waals surface area contributed by atoms with Gasteiger partial charge >= 0.3 is 5.69 Å². The van der Waals surface area contributed by atoms with Crippen LogP contribution in [0.2, 0.25) is 0 Å². The summed E-state index contributed by atoms with van der Waals surface area (Å²) in [6.45, 7) is 0. The molecule has 0 radical (unpaired) electrons. The second kappa shape index (κ2) is 4.34. The van der Waals surface area contributed by atoms with Crippen LogP contribution in [0.1, 0.15) is 0 Å². The molecule has 0 saturated heterocycles. The van der Waals surface area contributed by atoms with E-state index in [2.05, 4.69) is 20.2 Å². The van der Waals surface area contributed by atoms with Crippen LogP contribution in [0, 0.1) is 0 Å². The molecule has 0 unspecified atom stereocenters. The third kappa shape index (κ3) is 1.69. The zero-order valence-electron chi connectivity index (χ0n) is 10.8. The predicted molar refractivity (Wildman–Crippen MR) is 71.0 cm³/mol. The van der Waals surface area contributed by atoms with E-state index in [-0.39, 0.29) is 11.2 Å². The summed E-state index contributed by atoms with van der Waals surface area (Å²) in [5, 5.41) is 7.87. The van der Waals surface area contributed by atoms with Crippen molar-refractivity contribution < 1.29 is 0 Å². The van der Waals surface area contributed by atoms with E-state index in [1.165, 1.54) is 18.7 Å². The molecule has 0 amide bonds. The van der Waals surface area contributed by atoms with Crippen molar-refractivity contribution in [2.24, 2.45) is 14.1 Å². The van der Waals surface area contributed by atoms with Gasteiger partial charge in [0, 0.05) is 32.1 Å². The first-order valence-electron chi connectivity index (χ1n) is 5.80. The van der Waals surface area contributed by atoms with E-state index >= 15 is 0 Å². The molecule has 0 bridgehead atoms. The third-order valence-corrected chi connectivity index (χ3v) is 2.99. The third-order valence-electron chi connectivity index (χ3n) is 2.99. The van der Waals surface area contributed by atoms with Gasteiger partial charge in [0.15, 0.2) is 17.0 Å². The Labute approximate surface area is 112 Å². The molecule has 0 fully saturated rings. The Morgan fingerprint density at radius 3 is 2.60 bits per heavy atom. The summed E-state index contributed by atoms with van der Waals surface area (Å²) in [4.78, 5) is 32.0. The second-order valence-electron chi connectivity index (χ2n) is 4.26. The number of rotatable bonds is 1. The first-order chi connectivity index (χ1) is 9.59. The van der Waals surface area contributed by atoms with E-state index in [4.69, 9.17) is 0 Å². The van der Waals surface area contributed by atoms with E-state index in [1.54, 1.807) is 24.5 Å².